The number of carbonyl (C=O) groups excluding carboxylic acids is 1. The summed E-state index contributed by atoms with van der Waals surface area (Å²) in [5.41, 5.74) is 1.93. The first-order chi connectivity index (χ1) is 16.0. The number of benzene rings is 2. The SMILES string of the molecule is CC(C)c1ncsc1C(=O)Nc1ccc2c(c1)S(O)(O)N(c1ccc(C(F)(F)F)cc1)CCO2. The van der Waals surface area contributed by atoms with Crippen LogP contribution in [-0.4, -0.2) is 33.1 Å². The molecule has 0 atom stereocenters. The maximum absolute atomic E-state index is 12.9. The van der Waals surface area contributed by atoms with Crippen molar-refractivity contribution in [1.82, 2.24) is 4.98 Å². The normalized spacial score (nSPS) is 16.4. The van der Waals surface area contributed by atoms with Gasteiger partial charge >= 0.3 is 6.18 Å². The van der Waals surface area contributed by atoms with Gasteiger partial charge in [-0.05, 0) is 48.4 Å². The highest BCUT2D eigenvalue weighted by Crippen LogP contribution is 2.58. The number of nitrogens with zero attached hydrogens (tertiary/aromatic N) is 2. The predicted molar refractivity (Wildman–Crippen MR) is 126 cm³/mol. The monoisotopic (exact) mass is 513 g/mol. The number of thiazole rings is 1. The summed E-state index contributed by atoms with van der Waals surface area (Å²) in [4.78, 5) is 17.5. The molecule has 4 rings (SSSR count). The molecule has 1 amide bonds. The Hall–Kier alpha value is -2.80. The van der Waals surface area contributed by atoms with Crippen LogP contribution in [0, 0.1) is 0 Å². The minimum Gasteiger partial charge on any atom is -0.490 e. The van der Waals surface area contributed by atoms with Crippen LogP contribution in [0.5, 0.6) is 5.75 Å². The molecular weight excluding hydrogens is 491 g/mol. The summed E-state index contributed by atoms with van der Waals surface area (Å²) >= 11 is 1.21. The lowest BCUT2D eigenvalue weighted by Gasteiger charge is -2.42. The van der Waals surface area contributed by atoms with Gasteiger partial charge in [0.25, 0.3) is 5.91 Å². The van der Waals surface area contributed by atoms with Crippen molar-refractivity contribution in [2.24, 2.45) is 0 Å². The van der Waals surface area contributed by atoms with E-state index >= 15 is 0 Å². The molecular formula is C22H22F3N3O4S2. The van der Waals surface area contributed by atoms with Crippen LogP contribution >= 0.6 is 22.1 Å². The third-order valence-corrected chi connectivity index (χ3v) is 7.94. The van der Waals surface area contributed by atoms with Crippen molar-refractivity contribution < 1.29 is 31.8 Å². The lowest BCUT2D eigenvalue weighted by atomic mass is 10.1. The van der Waals surface area contributed by atoms with Gasteiger partial charge in [-0.15, -0.1) is 11.3 Å². The van der Waals surface area contributed by atoms with E-state index in [1.807, 2.05) is 13.8 Å². The van der Waals surface area contributed by atoms with Crippen molar-refractivity contribution in [3.8, 4) is 5.75 Å². The fraction of sp³-hybridized carbons (Fsp3) is 0.273. The molecule has 0 saturated heterocycles. The zero-order valence-corrected chi connectivity index (χ0v) is 19.8. The van der Waals surface area contributed by atoms with Gasteiger partial charge in [-0.2, -0.15) is 13.2 Å². The van der Waals surface area contributed by atoms with E-state index in [2.05, 4.69) is 10.3 Å². The molecule has 1 aromatic heterocycles. The van der Waals surface area contributed by atoms with Crippen LogP contribution in [0.4, 0.5) is 24.5 Å². The summed E-state index contributed by atoms with van der Waals surface area (Å²) in [5, 5.41) is 2.75. The maximum Gasteiger partial charge on any atom is 0.416 e. The van der Waals surface area contributed by atoms with Gasteiger partial charge in [0.15, 0.2) is 0 Å². The summed E-state index contributed by atoms with van der Waals surface area (Å²) in [6, 6.07) is 8.64. The van der Waals surface area contributed by atoms with E-state index in [1.165, 1.54) is 39.9 Å². The third-order valence-electron chi connectivity index (χ3n) is 5.19. The highest BCUT2D eigenvalue weighted by Gasteiger charge is 2.34. The Morgan fingerprint density at radius 1 is 1.21 bits per heavy atom. The largest absolute Gasteiger partial charge is 0.490 e. The third kappa shape index (κ3) is 4.71. The molecule has 3 N–H and O–H groups in total. The van der Waals surface area contributed by atoms with Gasteiger partial charge in [-0.3, -0.25) is 18.2 Å². The Morgan fingerprint density at radius 2 is 1.91 bits per heavy atom. The average molecular weight is 514 g/mol. The number of carbonyl (C=O) groups is 1. The van der Waals surface area contributed by atoms with Crippen LogP contribution in [0.2, 0.25) is 0 Å². The fourth-order valence-corrected chi connectivity index (χ4v) is 6.02. The summed E-state index contributed by atoms with van der Waals surface area (Å²) in [6.07, 6.45) is -4.50. The topological polar surface area (TPSA) is 94.9 Å². The second-order valence-electron chi connectivity index (χ2n) is 7.85. The number of amides is 1. The zero-order chi connectivity index (χ0) is 24.7. The average Bonchev–Trinajstić information content (AvgIpc) is 3.23. The minimum atomic E-state index is -4.50. The number of alkyl halides is 3. The van der Waals surface area contributed by atoms with Crippen molar-refractivity contribution in [1.29, 1.82) is 0 Å². The van der Waals surface area contributed by atoms with Gasteiger partial charge in [0.05, 0.1) is 29.0 Å². The molecule has 12 heteroatoms. The van der Waals surface area contributed by atoms with Crippen LogP contribution < -0.4 is 14.4 Å². The minimum absolute atomic E-state index is 0.0242. The Kier molecular flexibility index (Phi) is 6.51. The van der Waals surface area contributed by atoms with Crippen LogP contribution in [-0.2, 0) is 6.18 Å². The Morgan fingerprint density at radius 3 is 2.56 bits per heavy atom. The number of anilines is 2. The summed E-state index contributed by atoms with van der Waals surface area (Å²) in [6.45, 7) is 3.96. The van der Waals surface area contributed by atoms with E-state index in [4.69, 9.17) is 4.74 Å². The lowest BCUT2D eigenvalue weighted by molar-refractivity contribution is -0.137. The predicted octanol–water partition coefficient (Wildman–Crippen LogP) is 6.46. The lowest BCUT2D eigenvalue weighted by Crippen LogP contribution is -2.29. The molecule has 0 unspecified atom stereocenters. The standard InChI is InChI=1S/C22H22F3N3O4S2/c1-13(2)19-20(33-12-26-19)21(29)27-15-5-8-17-18(11-15)34(30,31)28(9-10-32-17)16-6-3-14(4-7-16)22(23,24)25/h3-8,11-13,30-31H,9-10H2,1-2H3,(H,27,29). The molecule has 0 fully saturated rings. The molecule has 0 aliphatic carbocycles. The molecule has 34 heavy (non-hydrogen) atoms. The number of ether oxygens (including phenoxy) is 1. The van der Waals surface area contributed by atoms with Crippen LogP contribution in [0.3, 0.4) is 0 Å². The molecule has 1 aliphatic rings. The second kappa shape index (κ2) is 9.10. The van der Waals surface area contributed by atoms with E-state index in [-0.39, 0.29) is 41.3 Å². The molecule has 1 aliphatic heterocycles. The van der Waals surface area contributed by atoms with E-state index in [1.54, 1.807) is 11.6 Å². The molecule has 2 heterocycles. The summed E-state index contributed by atoms with van der Waals surface area (Å²) < 4.78 is 68.0. The first-order valence-electron chi connectivity index (χ1n) is 10.2. The molecule has 0 spiro atoms. The second-order valence-corrected chi connectivity index (χ2v) is 10.6. The Bertz CT molecular complexity index is 1200. The first kappa shape index (κ1) is 24.3. The number of fused-ring (bicyclic) bond motifs is 1. The maximum atomic E-state index is 12.9. The summed E-state index contributed by atoms with van der Waals surface area (Å²) in [5.74, 6) is -0.110. The summed E-state index contributed by atoms with van der Waals surface area (Å²) in [7, 11) is -3.69. The molecule has 182 valence electrons. The van der Waals surface area contributed by atoms with Crippen molar-refractivity contribution in [3.05, 3.63) is 64.1 Å². The zero-order valence-electron chi connectivity index (χ0n) is 18.2. The number of hydrogen-bond donors (Lipinski definition) is 3. The van der Waals surface area contributed by atoms with E-state index in [0.717, 1.165) is 12.1 Å². The van der Waals surface area contributed by atoms with Gasteiger partial charge < -0.3 is 10.1 Å². The van der Waals surface area contributed by atoms with Crippen molar-refractivity contribution in [2.75, 3.05) is 22.8 Å². The van der Waals surface area contributed by atoms with E-state index in [0.29, 0.717) is 16.3 Å². The van der Waals surface area contributed by atoms with Crippen molar-refractivity contribution in [2.45, 2.75) is 30.8 Å². The number of halogens is 3. The van der Waals surface area contributed by atoms with Crippen molar-refractivity contribution in [3.63, 3.8) is 0 Å². The highest BCUT2D eigenvalue weighted by molar-refractivity contribution is 8.25. The van der Waals surface area contributed by atoms with Gasteiger partial charge in [-0.1, -0.05) is 24.6 Å². The van der Waals surface area contributed by atoms with E-state index < -0.39 is 22.5 Å². The smallest absolute Gasteiger partial charge is 0.416 e. The molecule has 0 saturated carbocycles. The van der Waals surface area contributed by atoms with E-state index in [9.17, 15) is 27.1 Å². The molecule has 2 aromatic carbocycles. The van der Waals surface area contributed by atoms with Crippen LogP contribution in [0.15, 0.2) is 52.9 Å². The number of rotatable bonds is 4. The number of hydrogen-bond acceptors (Lipinski definition) is 7. The first-order valence-corrected chi connectivity index (χ1v) is 12.6. The van der Waals surface area contributed by atoms with Gasteiger partial charge in [0, 0.05) is 5.69 Å². The van der Waals surface area contributed by atoms with Crippen LogP contribution in [0.25, 0.3) is 0 Å². The number of nitrogens with one attached hydrogen (secondary N) is 1. The Labute approximate surface area is 199 Å². The quantitative estimate of drug-likeness (QED) is 0.371. The van der Waals surface area contributed by atoms with Gasteiger partial charge in [0.1, 0.15) is 22.1 Å². The van der Waals surface area contributed by atoms with Gasteiger partial charge in [-0.25, -0.2) is 4.98 Å². The molecule has 3 aromatic rings. The molecule has 7 nitrogen and oxygen atoms in total. The Balaban J connectivity index is 1.64. The molecule has 0 bridgehead atoms. The van der Waals surface area contributed by atoms with Crippen LogP contribution in [0.1, 0.15) is 40.7 Å². The fourth-order valence-electron chi connectivity index (χ4n) is 3.52. The number of aromatic nitrogens is 1. The van der Waals surface area contributed by atoms with Crippen molar-refractivity contribution >= 4 is 39.4 Å². The molecule has 0 radical (unpaired) electrons. The highest BCUT2D eigenvalue weighted by atomic mass is 32.3. The van der Waals surface area contributed by atoms with Gasteiger partial charge in [0.2, 0.25) is 0 Å².